The average molecular weight is 201 g/mol. The largest absolute Gasteiger partial charge is 0.299 e. The maximum absolute atomic E-state index is 12.8. The Hall–Kier alpha value is -2.10. The molecule has 1 N–H and O–H groups in total. The number of fused-ring (bicyclic) bond motifs is 1. The molecule has 0 amide bonds. The molecular formula is C11H8FN3. The van der Waals surface area contributed by atoms with E-state index in [4.69, 9.17) is 0 Å². The van der Waals surface area contributed by atoms with Gasteiger partial charge in [-0.05, 0) is 24.3 Å². The summed E-state index contributed by atoms with van der Waals surface area (Å²) < 4.78 is 14.6. The Kier molecular flexibility index (Phi) is 1.62. The Balaban J connectivity index is 2.21. The van der Waals surface area contributed by atoms with Crippen LogP contribution in [0.15, 0.2) is 42.7 Å². The molecule has 0 saturated carbocycles. The molecule has 0 spiro atoms. The molecule has 15 heavy (non-hydrogen) atoms. The summed E-state index contributed by atoms with van der Waals surface area (Å²) in [6.45, 7) is 0. The van der Waals surface area contributed by atoms with Gasteiger partial charge in [0.25, 0.3) is 0 Å². The quantitative estimate of drug-likeness (QED) is 0.644. The van der Waals surface area contributed by atoms with Crippen molar-refractivity contribution in [1.82, 2.24) is 14.6 Å². The smallest absolute Gasteiger partial charge is 0.153 e. The van der Waals surface area contributed by atoms with Crippen molar-refractivity contribution < 1.29 is 4.39 Å². The fourth-order valence-corrected chi connectivity index (χ4v) is 1.63. The van der Waals surface area contributed by atoms with Gasteiger partial charge in [-0.15, -0.1) is 0 Å². The van der Waals surface area contributed by atoms with Crippen molar-refractivity contribution in [3.8, 4) is 11.3 Å². The number of aromatic amines is 1. The van der Waals surface area contributed by atoms with Crippen LogP contribution in [0.1, 0.15) is 0 Å². The number of aromatic nitrogens is 3. The molecule has 74 valence electrons. The molecule has 2 aromatic heterocycles. The van der Waals surface area contributed by atoms with Gasteiger partial charge in [0, 0.05) is 17.8 Å². The van der Waals surface area contributed by atoms with Gasteiger partial charge in [0.1, 0.15) is 5.82 Å². The van der Waals surface area contributed by atoms with Gasteiger partial charge in [-0.1, -0.05) is 0 Å². The molecule has 0 unspecified atom stereocenters. The fraction of sp³-hybridized carbons (Fsp3) is 0. The van der Waals surface area contributed by atoms with Crippen LogP contribution in [0.5, 0.6) is 0 Å². The maximum Gasteiger partial charge on any atom is 0.153 e. The minimum Gasteiger partial charge on any atom is -0.299 e. The minimum atomic E-state index is -0.231. The number of nitrogens with one attached hydrogen (secondary N) is 1. The molecule has 3 aromatic rings. The summed E-state index contributed by atoms with van der Waals surface area (Å²) in [6.07, 6.45) is 3.58. The van der Waals surface area contributed by atoms with E-state index in [1.165, 1.54) is 12.1 Å². The number of rotatable bonds is 1. The van der Waals surface area contributed by atoms with E-state index >= 15 is 0 Å². The standard InChI is InChI=1S/C11H8FN3/c12-9-3-1-8(2-4-9)10-7-13-11-5-6-14-15(10)11/h1-7,14H. The lowest BCUT2D eigenvalue weighted by Crippen LogP contribution is -1.87. The number of nitrogens with zero attached hydrogens (tertiary/aromatic N) is 2. The van der Waals surface area contributed by atoms with Crippen LogP contribution >= 0.6 is 0 Å². The zero-order valence-corrected chi connectivity index (χ0v) is 7.81. The Bertz CT molecular complexity index is 592. The van der Waals surface area contributed by atoms with E-state index in [9.17, 15) is 4.39 Å². The number of hydrogen-bond donors (Lipinski definition) is 1. The molecule has 0 radical (unpaired) electrons. The van der Waals surface area contributed by atoms with Crippen LogP contribution in [0.25, 0.3) is 16.9 Å². The monoisotopic (exact) mass is 201 g/mol. The summed E-state index contributed by atoms with van der Waals surface area (Å²) in [5, 5.41) is 3.04. The first-order valence-corrected chi connectivity index (χ1v) is 4.61. The van der Waals surface area contributed by atoms with Crippen LogP contribution < -0.4 is 0 Å². The van der Waals surface area contributed by atoms with Crippen LogP contribution in [-0.4, -0.2) is 14.6 Å². The summed E-state index contributed by atoms with van der Waals surface area (Å²) in [5.41, 5.74) is 2.72. The molecule has 1 aromatic carbocycles. The second-order valence-corrected chi connectivity index (χ2v) is 3.31. The molecule has 4 heteroatoms. The summed E-state index contributed by atoms with van der Waals surface area (Å²) in [5.74, 6) is -0.231. The van der Waals surface area contributed by atoms with Crippen LogP contribution in [0.4, 0.5) is 4.39 Å². The molecule has 0 aliphatic carbocycles. The maximum atomic E-state index is 12.8. The highest BCUT2D eigenvalue weighted by atomic mass is 19.1. The van der Waals surface area contributed by atoms with E-state index in [1.54, 1.807) is 18.3 Å². The lowest BCUT2D eigenvalue weighted by Gasteiger charge is -1.98. The number of imidazole rings is 1. The summed E-state index contributed by atoms with van der Waals surface area (Å²) >= 11 is 0. The third kappa shape index (κ3) is 1.22. The van der Waals surface area contributed by atoms with Crippen molar-refractivity contribution in [2.75, 3.05) is 0 Å². The number of hydrogen-bond acceptors (Lipinski definition) is 1. The van der Waals surface area contributed by atoms with Crippen molar-refractivity contribution >= 4 is 5.65 Å². The molecule has 0 atom stereocenters. The third-order valence-electron chi connectivity index (χ3n) is 2.37. The molecule has 3 rings (SSSR count). The van der Waals surface area contributed by atoms with Crippen molar-refractivity contribution in [2.24, 2.45) is 0 Å². The molecular weight excluding hydrogens is 193 g/mol. The predicted molar refractivity (Wildman–Crippen MR) is 54.9 cm³/mol. The highest BCUT2D eigenvalue weighted by Crippen LogP contribution is 2.19. The van der Waals surface area contributed by atoms with E-state index in [-0.39, 0.29) is 5.82 Å². The van der Waals surface area contributed by atoms with Gasteiger partial charge in [-0.3, -0.25) is 5.10 Å². The van der Waals surface area contributed by atoms with Crippen molar-refractivity contribution in [1.29, 1.82) is 0 Å². The summed E-state index contributed by atoms with van der Waals surface area (Å²) in [4.78, 5) is 4.22. The van der Waals surface area contributed by atoms with Crippen LogP contribution in [0.3, 0.4) is 0 Å². The number of H-pyrrole nitrogens is 1. The second-order valence-electron chi connectivity index (χ2n) is 3.31. The van der Waals surface area contributed by atoms with E-state index in [2.05, 4.69) is 10.1 Å². The van der Waals surface area contributed by atoms with Crippen molar-refractivity contribution in [3.05, 3.63) is 48.5 Å². The molecule has 0 aliphatic rings. The number of benzene rings is 1. The first-order chi connectivity index (χ1) is 7.34. The average Bonchev–Trinajstić information content (AvgIpc) is 2.80. The van der Waals surface area contributed by atoms with Gasteiger partial charge in [0.05, 0.1) is 11.9 Å². The van der Waals surface area contributed by atoms with Gasteiger partial charge in [-0.2, -0.15) is 0 Å². The Morgan fingerprint density at radius 3 is 2.73 bits per heavy atom. The first-order valence-electron chi connectivity index (χ1n) is 4.61. The van der Waals surface area contributed by atoms with Crippen LogP contribution in [-0.2, 0) is 0 Å². The molecule has 2 heterocycles. The lowest BCUT2D eigenvalue weighted by atomic mass is 10.2. The van der Waals surface area contributed by atoms with Crippen molar-refractivity contribution in [3.63, 3.8) is 0 Å². The highest BCUT2D eigenvalue weighted by Gasteiger charge is 2.05. The van der Waals surface area contributed by atoms with Gasteiger partial charge in [0.2, 0.25) is 0 Å². The zero-order valence-electron chi connectivity index (χ0n) is 7.81. The number of halogens is 1. The van der Waals surface area contributed by atoms with Crippen LogP contribution in [0.2, 0.25) is 0 Å². The SMILES string of the molecule is Fc1ccc(-c2cnc3cc[nH]n23)cc1. The lowest BCUT2D eigenvalue weighted by molar-refractivity contribution is 0.628. The van der Waals surface area contributed by atoms with Crippen LogP contribution in [0, 0.1) is 5.82 Å². The molecule has 3 nitrogen and oxygen atoms in total. The first kappa shape index (κ1) is 8.23. The minimum absolute atomic E-state index is 0.231. The topological polar surface area (TPSA) is 33.1 Å². The van der Waals surface area contributed by atoms with Crippen molar-refractivity contribution in [2.45, 2.75) is 0 Å². The van der Waals surface area contributed by atoms with E-state index < -0.39 is 0 Å². The zero-order chi connectivity index (χ0) is 10.3. The highest BCUT2D eigenvalue weighted by molar-refractivity contribution is 5.62. The summed E-state index contributed by atoms with van der Waals surface area (Å²) in [6, 6.07) is 8.24. The van der Waals surface area contributed by atoms with Gasteiger partial charge < -0.3 is 0 Å². The molecule has 0 saturated heterocycles. The Labute approximate surface area is 85.2 Å². The predicted octanol–water partition coefficient (Wildman–Crippen LogP) is 2.47. The van der Waals surface area contributed by atoms with Gasteiger partial charge in [0.15, 0.2) is 5.65 Å². The Morgan fingerprint density at radius 1 is 1.13 bits per heavy atom. The fourth-order valence-electron chi connectivity index (χ4n) is 1.63. The van der Waals surface area contributed by atoms with Gasteiger partial charge in [-0.25, -0.2) is 13.9 Å². The molecule has 0 fully saturated rings. The third-order valence-corrected chi connectivity index (χ3v) is 2.37. The van der Waals surface area contributed by atoms with E-state index in [0.717, 1.165) is 16.9 Å². The Morgan fingerprint density at radius 2 is 1.93 bits per heavy atom. The summed E-state index contributed by atoms with van der Waals surface area (Å²) in [7, 11) is 0. The molecule has 0 bridgehead atoms. The van der Waals surface area contributed by atoms with E-state index in [1.807, 2.05) is 16.8 Å². The second kappa shape index (κ2) is 2.95. The van der Waals surface area contributed by atoms with E-state index in [0.29, 0.717) is 0 Å². The normalized spacial score (nSPS) is 11.0. The van der Waals surface area contributed by atoms with Gasteiger partial charge >= 0.3 is 0 Å². The molecule has 0 aliphatic heterocycles.